The Hall–Kier alpha value is -2.28. The summed E-state index contributed by atoms with van der Waals surface area (Å²) in [6, 6.07) is 8.17. The molecule has 1 aliphatic heterocycles. The van der Waals surface area contributed by atoms with E-state index in [1.54, 1.807) is 11.0 Å². The monoisotopic (exact) mass is 300 g/mol. The molecule has 0 radical (unpaired) electrons. The first-order valence-electron chi connectivity index (χ1n) is 7.53. The number of hydrogen-bond acceptors (Lipinski definition) is 5. The summed E-state index contributed by atoms with van der Waals surface area (Å²) in [6.45, 7) is 1.66. The van der Waals surface area contributed by atoms with Crippen molar-refractivity contribution in [2.45, 2.75) is 25.3 Å². The van der Waals surface area contributed by atoms with Crippen LogP contribution in [0.1, 0.15) is 18.4 Å². The molecule has 116 valence electrons. The molecule has 1 fully saturated rings. The molecule has 0 spiro atoms. The number of likely N-dealkylation sites (N-methyl/N-ethyl adjacent to an activating group) is 1. The highest BCUT2D eigenvalue weighted by atomic mass is 16.2. The first-order chi connectivity index (χ1) is 10.8. The lowest BCUT2D eigenvalue weighted by atomic mass is 10.0. The van der Waals surface area contributed by atoms with E-state index >= 15 is 0 Å². The molecule has 7 heteroatoms. The molecule has 1 N–H and O–H groups in total. The van der Waals surface area contributed by atoms with E-state index < -0.39 is 0 Å². The fourth-order valence-corrected chi connectivity index (χ4v) is 2.77. The van der Waals surface area contributed by atoms with E-state index in [4.69, 9.17) is 0 Å². The van der Waals surface area contributed by atoms with Crippen molar-refractivity contribution >= 4 is 5.91 Å². The number of aromatic nitrogens is 4. The minimum Gasteiger partial charge on any atom is -0.341 e. The van der Waals surface area contributed by atoms with Crippen LogP contribution in [0.4, 0.5) is 0 Å². The van der Waals surface area contributed by atoms with Gasteiger partial charge in [-0.3, -0.25) is 4.79 Å². The van der Waals surface area contributed by atoms with Crippen molar-refractivity contribution < 1.29 is 4.79 Å². The minimum atomic E-state index is 0.190. The van der Waals surface area contributed by atoms with Crippen molar-refractivity contribution in [3.8, 4) is 5.69 Å². The Labute approximate surface area is 129 Å². The number of carbonyl (C=O) groups is 1. The molecular weight excluding hydrogens is 280 g/mol. The van der Waals surface area contributed by atoms with E-state index in [1.807, 2.05) is 36.2 Å². The molecule has 7 nitrogen and oxygen atoms in total. The number of amides is 1. The van der Waals surface area contributed by atoms with Gasteiger partial charge in [0.2, 0.25) is 5.91 Å². The molecule has 1 atom stereocenters. The molecule has 22 heavy (non-hydrogen) atoms. The van der Waals surface area contributed by atoms with Crippen LogP contribution in [-0.2, 0) is 11.2 Å². The second kappa shape index (κ2) is 6.65. The summed E-state index contributed by atoms with van der Waals surface area (Å²) < 4.78 is 1.59. The maximum Gasteiger partial charge on any atom is 0.227 e. The zero-order valence-corrected chi connectivity index (χ0v) is 12.6. The molecule has 1 aliphatic rings. The Morgan fingerprint density at radius 1 is 1.36 bits per heavy atom. The number of nitrogens with one attached hydrogen (secondary N) is 1. The number of tetrazole rings is 1. The first kappa shape index (κ1) is 14.6. The van der Waals surface area contributed by atoms with Crippen LogP contribution >= 0.6 is 0 Å². The molecule has 2 aromatic rings. The van der Waals surface area contributed by atoms with Crippen LogP contribution < -0.4 is 5.32 Å². The zero-order valence-electron chi connectivity index (χ0n) is 12.6. The maximum atomic E-state index is 12.4. The third-order valence-corrected chi connectivity index (χ3v) is 4.09. The SMILES string of the molecule is CNC1CCCN(C(=O)Cc2ccc(-n3cnnn3)cc2)C1. The number of likely N-dealkylation sites (tertiary alicyclic amines) is 1. The van der Waals surface area contributed by atoms with Crippen molar-refractivity contribution in [3.05, 3.63) is 36.2 Å². The van der Waals surface area contributed by atoms with E-state index in [0.717, 1.165) is 37.2 Å². The molecule has 1 aromatic heterocycles. The highest BCUT2D eigenvalue weighted by Crippen LogP contribution is 2.13. The van der Waals surface area contributed by atoms with Gasteiger partial charge in [-0.1, -0.05) is 12.1 Å². The molecule has 2 heterocycles. The van der Waals surface area contributed by atoms with Crippen LogP contribution in [-0.4, -0.2) is 57.2 Å². The average molecular weight is 300 g/mol. The summed E-state index contributed by atoms with van der Waals surface area (Å²) in [6.07, 6.45) is 4.19. The normalized spacial score (nSPS) is 18.4. The number of nitrogens with zero attached hydrogens (tertiary/aromatic N) is 5. The molecule has 1 aromatic carbocycles. The van der Waals surface area contributed by atoms with Crippen LogP contribution in [0.5, 0.6) is 0 Å². The summed E-state index contributed by atoms with van der Waals surface area (Å²) in [5.41, 5.74) is 1.89. The van der Waals surface area contributed by atoms with Crippen LogP contribution in [0, 0.1) is 0 Å². The third kappa shape index (κ3) is 3.30. The molecule has 1 amide bonds. The van der Waals surface area contributed by atoms with Gasteiger partial charge >= 0.3 is 0 Å². The molecule has 1 unspecified atom stereocenters. The highest BCUT2D eigenvalue weighted by molar-refractivity contribution is 5.79. The van der Waals surface area contributed by atoms with Gasteiger partial charge in [0.1, 0.15) is 6.33 Å². The predicted molar refractivity (Wildman–Crippen MR) is 81.5 cm³/mol. The van der Waals surface area contributed by atoms with E-state index in [0.29, 0.717) is 12.5 Å². The summed E-state index contributed by atoms with van der Waals surface area (Å²) in [4.78, 5) is 14.4. The predicted octanol–water partition coefficient (Wildman–Crippen LogP) is 0.415. The molecule has 3 rings (SSSR count). The molecule has 0 bridgehead atoms. The largest absolute Gasteiger partial charge is 0.341 e. The molecule has 0 aliphatic carbocycles. The van der Waals surface area contributed by atoms with Crippen molar-refractivity contribution in [1.82, 2.24) is 30.4 Å². The lowest BCUT2D eigenvalue weighted by Crippen LogP contribution is -2.47. The third-order valence-electron chi connectivity index (χ3n) is 4.09. The van der Waals surface area contributed by atoms with Gasteiger partial charge in [-0.2, -0.15) is 0 Å². The first-order valence-corrected chi connectivity index (χ1v) is 7.53. The Kier molecular flexibility index (Phi) is 4.43. The second-order valence-electron chi connectivity index (χ2n) is 5.57. The Morgan fingerprint density at radius 2 is 2.18 bits per heavy atom. The number of benzene rings is 1. The average Bonchev–Trinajstić information content (AvgIpc) is 3.10. The van der Waals surface area contributed by atoms with E-state index in [1.165, 1.54) is 0 Å². The molecular formula is C15H20N6O. The van der Waals surface area contributed by atoms with Gasteiger partial charge in [-0.15, -0.1) is 5.10 Å². The smallest absolute Gasteiger partial charge is 0.227 e. The highest BCUT2D eigenvalue weighted by Gasteiger charge is 2.22. The van der Waals surface area contributed by atoms with Crippen LogP contribution in [0.2, 0.25) is 0 Å². The number of hydrogen-bond donors (Lipinski definition) is 1. The van der Waals surface area contributed by atoms with Crippen LogP contribution in [0.25, 0.3) is 5.69 Å². The standard InChI is InChI=1S/C15H20N6O/c1-16-13-3-2-8-20(10-13)15(22)9-12-4-6-14(7-5-12)21-11-17-18-19-21/h4-7,11,13,16H,2-3,8-10H2,1H3. The van der Waals surface area contributed by atoms with E-state index in [9.17, 15) is 4.79 Å². The van der Waals surface area contributed by atoms with Gasteiger partial charge in [-0.25, -0.2) is 4.68 Å². The van der Waals surface area contributed by atoms with Gasteiger partial charge in [-0.05, 0) is 48.0 Å². The Balaban J connectivity index is 1.62. The van der Waals surface area contributed by atoms with Gasteiger partial charge in [0.25, 0.3) is 0 Å². The lowest BCUT2D eigenvalue weighted by Gasteiger charge is -2.32. The zero-order chi connectivity index (χ0) is 15.4. The van der Waals surface area contributed by atoms with Crippen molar-refractivity contribution in [1.29, 1.82) is 0 Å². The fraction of sp³-hybridized carbons (Fsp3) is 0.467. The number of piperidine rings is 1. The van der Waals surface area contributed by atoms with Gasteiger partial charge < -0.3 is 10.2 Å². The number of carbonyl (C=O) groups excluding carboxylic acids is 1. The maximum absolute atomic E-state index is 12.4. The Bertz CT molecular complexity index is 609. The van der Waals surface area contributed by atoms with Crippen molar-refractivity contribution in [3.63, 3.8) is 0 Å². The summed E-state index contributed by atoms with van der Waals surface area (Å²) in [7, 11) is 1.95. The summed E-state index contributed by atoms with van der Waals surface area (Å²) in [5.74, 6) is 0.190. The molecule has 0 saturated carbocycles. The second-order valence-corrected chi connectivity index (χ2v) is 5.57. The van der Waals surface area contributed by atoms with Crippen molar-refractivity contribution in [2.24, 2.45) is 0 Å². The van der Waals surface area contributed by atoms with Crippen molar-refractivity contribution in [2.75, 3.05) is 20.1 Å². The van der Waals surface area contributed by atoms with Gasteiger partial charge in [0, 0.05) is 19.1 Å². The van der Waals surface area contributed by atoms with Gasteiger partial charge in [0.05, 0.1) is 12.1 Å². The summed E-state index contributed by atoms with van der Waals surface area (Å²) in [5, 5.41) is 14.3. The topological polar surface area (TPSA) is 75.9 Å². The Morgan fingerprint density at radius 3 is 2.86 bits per heavy atom. The van der Waals surface area contributed by atoms with Gasteiger partial charge in [0.15, 0.2) is 0 Å². The summed E-state index contributed by atoms with van der Waals surface area (Å²) >= 11 is 0. The van der Waals surface area contributed by atoms with Crippen LogP contribution in [0.3, 0.4) is 0 Å². The minimum absolute atomic E-state index is 0.190. The van der Waals surface area contributed by atoms with Crippen LogP contribution in [0.15, 0.2) is 30.6 Å². The number of rotatable bonds is 4. The molecule has 1 saturated heterocycles. The quantitative estimate of drug-likeness (QED) is 0.885. The lowest BCUT2D eigenvalue weighted by molar-refractivity contribution is -0.131. The van der Waals surface area contributed by atoms with E-state index in [-0.39, 0.29) is 5.91 Å². The fourth-order valence-electron chi connectivity index (χ4n) is 2.77. The van der Waals surface area contributed by atoms with E-state index in [2.05, 4.69) is 20.8 Å².